The zero-order chi connectivity index (χ0) is 21.0. The van der Waals surface area contributed by atoms with Crippen molar-refractivity contribution in [1.82, 2.24) is 20.2 Å². The fourth-order valence-electron chi connectivity index (χ4n) is 2.86. The largest absolute Gasteiger partial charge is 0.463 e. The van der Waals surface area contributed by atoms with Gasteiger partial charge in [-0.15, -0.1) is 0 Å². The number of hydrogen-bond acceptors (Lipinski definition) is 6. The Morgan fingerprint density at radius 3 is 2.62 bits per heavy atom. The van der Waals surface area contributed by atoms with Gasteiger partial charge in [-0.3, -0.25) is 4.57 Å². The third kappa shape index (κ3) is 4.42. The van der Waals surface area contributed by atoms with Crippen molar-refractivity contribution in [3.63, 3.8) is 0 Å². The Bertz CT molecular complexity index is 967. The molecule has 9 nitrogen and oxygen atoms in total. The number of nitrogens with zero attached hydrogens (tertiary/aromatic N) is 2. The Hall–Kier alpha value is -3.69. The molecule has 1 aliphatic heterocycles. The number of carbonyl (C=O) groups is 3. The molecule has 2 N–H and O–H groups in total. The summed E-state index contributed by atoms with van der Waals surface area (Å²) in [5.74, 6) is -1.76. The summed E-state index contributed by atoms with van der Waals surface area (Å²) in [6, 6.07) is 4.36. The second-order valence-electron chi connectivity index (χ2n) is 6.13. The first kappa shape index (κ1) is 20.1. The molecule has 10 heteroatoms. The molecule has 0 saturated carbocycles. The molecule has 0 bridgehead atoms. The van der Waals surface area contributed by atoms with Crippen LogP contribution in [0.3, 0.4) is 0 Å². The number of aromatic nitrogens is 2. The number of carbonyl (C=O) groups excluding carboxylic acids is 3. The Labute approximate surface area is 165 Å². The van der Waals surface area contributed by atoms with Crippen LogP contribution in [0.25, 0.3) is 5.69 Å². The molecule has 1 aromatic heterocycles. The molecule has 1 aromatic carbocycles. The van der Waals surface area contributed by atoms with Gasteiger partial charge >= 0.3 is 18.0 Å². The molecular weight excluding hydrogens is 383 g/mol. The van der Waals surface area contributed by atoms with Crippen molar-refractivity contribution in [3.8, 4) is 5.69 Å². The van der Waals surface area contributed by atoms with Crippen molar-refractivity contribution >= 4 is 18.0 Å². The number of hydrogen-bond donors (Lipinski definition) is 2. The van der Waals surface area contributed by atoms with Crippen molar-refractivity contribution in [2.75, 3.05) is 13.2 Å². The number of rotatable bonds is 6. The number of urea groups is 1. The van der Waals surface area contributed by atoms with Gasteiger partial charge in [-0.05, 0) is 38.1 Å². The van der Waals surface area contributed by atoms with Gasteiger partial charge in [0, 0.05) is 5.69 Å². The molecular formula is C19H19FN4O5. The molecule has 0 unspecified atom stereocenters. The number of imidazole rings is 1. The summed E-state index contributed by atoms with van der Waals surface area (Å²) in [7, 11) is 0. The highest BCUT2D eigenvalue weighted by Gasteiger charge is 2.30. The third-order valence-electron chi connectivity index (χ3n) is 4.17. The second-order valence-corrected chi connectivity index (χ2v) is 6.13. The predicted molar refractivity (Wildman–Crippen MR) is 98.6 cm³/mol. The van der Waals surface area contributed by atoms with Crippen LogP contribution in [0, 0.1) is 5.82 Å². The lowest BCUT2D eigenvalue weighted by Crippen LogP contribution is -2.50. The number of amides is 2. The SMILES string of the molecule is CCOC(=O)C1=C(COC(=O)c2cncn2-c2ccc(F)cc2)NC(=O)N[C@H]1C. The summed E-state index contributed by atoms with van der Waals surface area (Å²) in [5, 5.41) is 5.03. The first-order valence-corrected chi connectivity index (χ1v) is 8.83. The molecule has 2 aromatic rings. The maximum Gasteiger partial charge on any atom is 0.357 e. The molecule has 3 rings (SSSR count). The molecule has 0 spiro atoms. The summed E-state index contributed by atoms with van der Waals surface area (Å²) in [6.45, 7) is 3.09. The van der Waals surface area contributed by atoms with Crippen LogP contribution in [-0.2, 0) is 14.3 Å². The minimum Gasteiger partial charge on any atom is -0.463 e. The molecule has 29 heavy (non-hydrogen) atoms. The van der Waals surface area contributed by atoms with Crippen LogP contribution in [-0.4, -0.2) is 46.8 Å². The van der Waals surface area contributed by atoms with E-state index in [1.54, 1.807) is 13.8 Å². The van der Waals surface area contributed by atoms with Crippen molar-refractivity contribution in [2.45, 2.75) is 19.9 Å². The van der Waals surface area contributed by atoms with Gasteiger partial charge < -0.3 is 20.1 Å². The number of nitrogens with one attached hydrogen (secondary N) is 2. The molecule has 1 aliphatic rings. The van der Waals surface area contributed by atoms with Gasteiger partial charge in [0.15, 0.2) is 5.69 Å². The van der Waals surface area contributed by atoms with Crippen LogP contribution in [0.5, 0.6) is 0 Å². The Morgan fingerprint density at radius 2 is 1.93 bits per heavy atom. The topological polar surface area (TPSA) is 112 Å². The number of esters is 2. The van der Waals surface area contributed by atoms with Gasteiger partial charge in [-0.2, -0.15) is 0 Å². The Morgan fingerprint density at radius 1 is 1.21 bits per heavy atom. The number of benzene rings is 1. The lowest BCUT2D eigenvalue weighted by Gasteiger charge is -2.26. The van der Waals surface area contributed by atoms with Crippen molar-refractivity contribution in [3.05, 3.63) is 59.6 Å². The van der Waals surface area contributed by atoms with E-state index in [4.69, 9.17) is 9.47 Å². The van der Waals surface area contributed by atoms with Gasteiger partial charge in [-0.25, -0.2) is 23.8 Å². The van der Waals surface area contributed by atoms with Crippen molar-refractivity contribution < 1.29 is 28.2 Å². The van der Waals surface area contributed by atoms with Crippen LogP contribution >= 0.6 is 0 Å². The molecule has 152 valence electrons. The van der Waals surface area contributed by atoms with E-state index in [-0.39, 0.29) is 30.2 Å². The van der Waals surface area contributed by atoms with E-state index >= 15 is 0 Å². The Kier molecular flexibility index (Phi) is 5.91. The summed E-state index contributed by atoms with van der Waals surface area (Å²) < 4.78 is 24.9. The van der Waals surface area contributed by atoms with E-state index in [2.05, 4.69) is 15.6 Å². The zero-order valence-electron chi connectivity index (χ0n) is 15.8. The van der Waals surface area contributed by atoms with Crippen LogP contribution < -0.4 is 10.6 Å². The molecule has 0 aliphatic carbocycles. The van der Waals surface area contributed by atoms with E-state index in [1.807, 2.05) is 0 Å². The van der Waals surface area contributed by atoms with E-state index in [0.717, 1.165) is 0 Å². The smallest absolute Gasteiger partial charge is 0.357 e. The van der Waals surface area contributed by atoms with Gasteiger partial charge in [-0.1, -0.05) is 0 Å². The average Bonchev–Trinajstić information content (AvgIpc) is 3.16. The van der Waals surface area contributed by atoms with Crippen molar-refractivity contribution in [1.29, 1.82) is 0 Å². The standard InChI is InChI=1S/C19H19FN4O5/c1-3-28-18(26)16-11(2)22-19(27)23-14(16)9-29-17(25)15-8-21-10-24(15)13-6-4-12(20)5-7-13/h4-8,10-11H,3,9H2,1-2H3,(H2,22,23,27)/t11-/m0/s1. The highest BCUT2D eigenvalue weighted by molar-refractivity contribution is 5.95. The summed E-state index contributed by atoms with van der Waals surface area (Å²) in [4.78, 5) is 40.4. The minimum absolute atomic E-state index is 0.100. The highest BCUT2D eigenvalue weighted by Crippen LogP contribution is 2.17. The lowest BCUT2D eigenvalue weighted by molar-refractivity contribution is -0.139. The highest BCUT2D eigenvalue weighted by atomic mass is 19.1. The molecule has 2 amide bonds. The molecule has 1 atom stereocenters. The lowest BCUT2D eigenvalue weighted by atomic mass is 10.0. The molecule has 0 fully saturated rings. The fourth-order valence-corrected chi connectivity index (χ4v) is 2.86. The van der Waals surface area contributed by atoms with E-state index in [0.29, 0.717) is 5.69 Å². The number of ether oxygens (including phenoxy) is 2. The normalized spacial score (nSPS) is 16.1. The van der Waals surface area contributed by atoms with Crippen LogP contribution in [0.15, 0.2) is 48.1 Å². The molecule has 0 saturated heterocycles. The second kappa shape index (κ2) is 8.55. The summed E-state index contributed by atoms with van der Waals surface area (Å²) in [6.07, 6.45) is 2.69. The monoisotopic (exact) mass is 402 g/mol. The summed E-state index contributed by atoms with van der Waals surface area (Å²) >= 11 is 0. The maximum atomic E-state index is 13.1. The maximum absolute atomic E-state index is 13.1. The first-order chi connectivity index (χ1) is 13.9. The van der Waals surface area contributed by atoms with E-state index < -0.39 is 29.8 Å². The van der Waals surface area contributed by atoms with Crippen LogP contribution in [0.1, 0.15) is 24.3 Å². The van der Waals surface area contributed by atoms with Gasteiger partial charge in [0.05, 0.1) is 36.4 Å². The van der Waals surface area contributed by atoms with Crippen LogP contribution in [0.4, 0.5) is 9.18 Å². The minimum atomic E-state index is -0.733. The quantitative estimate of drug-likeness (QED) is 0.712. The van der Waals surface area contributed by atoms with E-state index in [1.165, 1.54) is 41.4 Å². The number of halogens is 1. The first-order valence-electron chi connectivity index (χ1n) is 8.83. The van der Waals surface area contributed by atoms with E-state index in [9.17, 15) is 18.8 Å². The molecule has 0 radical (unpaired) electrons. The third-order valence-corrected chi connectivity index (χ3v) is 4.17. The fraction of sp³-hybridized carbons (Fsp3) is 0.263. The predicted octanol–water partition coefficient (Wildman–Crippen LogP) is 1.69. The van der Waals surface area contributed by atoms with Crippen LogP contribution in [0.2, 0.25) is 0 Å². The van der Waals surface area contributed by atoms with Crippen molar-refractivity contribution in [2.24, 2.45) is 0 Å². The van der Waals surface area contributed by atoms with Gasteiger partial charge in [0.25, 0.3) is 0 Å². The molecule has 2 heterocycles. The van der Waals surface area contributed by atoms with Gasteiger partial charge in [0.2, 0.25) is 0 Å². The van der Waals surface area contributed by atoms with Gasteiger partial charge in [0.1, 0.15) is 12.4 Å². The Balaban J connectivity index is 1.80. The zero-order valence-corrected chi connectivity index (χ0v) is 15.8. The summed E-state index contributed by atoms with van der Waals surface area (Å²) in [5.41, 5.74) is 0.932. The average molecular weight is 402 g/mol.